The van der Waals surface area contributed by atoms with E-state index in [9.17, 15) is 15.0 Å². The van der Waals surface area contributed by atoms with Gasteiger partial charge in [-0.2, -0.15) is 0 Å². The van der Waals surface area contributed by atoms with E-state index in [4.69, 9.17) is 14.2 Å². The van der Waals surface area contributed by atoms with Gasteiger partial charge in [0.2, 0.25) is 0 Å². The van der Waals surface area contributed by atoms with Gasteiger partial charge in [0.15, 0.2) is 0 Å². The quantitative estimate of drug-likeness (QED) is 0.380. The number of epoxide rings is 2. The van der Waals surface area contributed by atoms with Crippen LogP contribution >= 0.6 is 0 Å². The zero-order chi connectivity index (χ0) is 14.9. The number of esters is 1. The Hall–Kier alpha value is -0.950. The van der Waals surface area contributed by atoms with E-state index in [-0.39, 0.29) is 12.0 Å². The van der Waals surface area contributed by atoms with Crippen LogP contribution in [0.1, 0.15) is 13.8 Å². The van der Waals surface area contributed by atoms with E-state index in [2.05, 4.69) is 6.58 Å². The van der Waals surface area contributed by atoms with Gasteiger partial charge in [0, 0.05) is 5.92 Å². The van der Waals surface area contributed by atoms with Gasteiger partial charge in [0.1, 0.15) is 35.6 Å². The van der Waals surface area contributed by atoms with Crippen LogP contribution in [0.2, 0.25) is 0 Å². The Morgan fingerprint density at radius 3 is 2.67 bits per heavy atom. The first-order chi connectivity index (χ1) is 9.80. The maximum absolute atomic E-state index is 12.4. The summed E-state index contributed by atoms with van der Waals surface area (Å²) in [5, 5.41) is 22.4. The van der Waals surface area contributed by atoms with Gasteiger partial charge in [-0.3, -0.25) is 4.79 Å². The number of aliphatic hydroxyl groups is 2. The van der Waals surface area contributed by atoms with E-state index in [0.717, 1.165) is 5.57 Å². The number of fused-ring (bicyclic) bond motifs is 8. The molecule has 5 fully saturated rings. The molecule has 0 radical (unpaired) electrons. The van der Waals surface area contributed by atoms with Crippen molar-refractivity contribution in [3.8, 4) is 0 Å². The number of carbonyl (C=O) groups excluding carboxylic acids is 1. The lowest BCUT2D eigenvalue weighted by molar-refractivity contribution is -0.232. The third-order valence-electron chi connectivity index (χ3n) is 6.72. The van der Waals surface area contributed by atoms with Crippen LogP contribution in [0.3, 0.4) is 0 Å². The van der Waals surface area contributed by atoms with Gasteiger partial charge in [-0.1, -0.05) is 19.1 Å². The molecule has 114 valence electrons. The maximum Gasteiger partial charge on any atom is 0.313 e. The Balaban J connectivity index is 1.76. The number of hydrogen-bond acceptors (Lipinski definition) is 6. The van der Waals surface area contributed by atoms with Gasteiger partial charge < -0.3 is 24.4 Å². The van der Waals surface area contributed by atoms with Crippen molar-refractivity contribution in [3.05, 3.63) is 12.2 Å². The van der Waals surface area contributed by atoms with Gasteiger partial charge in [0.25, 0.3) is 0 Å². The van der Waals surface area contributed by atoms with Crippen molar-refractivity contribution in [2.45, 2.75) is 49.5 Å². The molecule has 5 rings (SSSR count). The number of rotatable bonds is 1. The van der Waals surface area contributed by atoms with Crippen molar-refractivity contribution < 1.29 is 29.2 Å². The molecule has 2 saturated carbocycles. The Morgan fingerprint density at radius 2 is 2.10 bits per heavy atom. The van der Waals surface area contributed by atoms with Crippen molar-refractivity contribution in [2.24, 2.45) is 17.3 Å². The highest BCUT2D eigenvalue weighted by atomic mass is 16.7. The first kappa shape index (κ1) is 12.6. The molecule has 3 saturated heterocycles. The molecule has 21 heavy (non-hydrogen) atoms. The summed E-state index contributed by atoms with van der Waals surface area (Å²) in [6.45, 7) is 7.96. The highest BCUT2D eigenvalue weighted by Crippen LogP contribution is 2.75. The minimum Gasteiger partial charge on any atom is -0.459 e. The lowest BCUT2D eigenvalue weighted by Gasteiger charge is -2.54. The Kier molecular flexibility index (Phi) is 1.83. The second-order valence-electron chi connectivity index (χ2n) is 7.38. The zero-order valence-corrected chi connectivity index (χ0v) is 11.9. The van der Waals surface area contributed by atoms with Gasteiger partial charge in [-0.05, 0) is 6.92 Å². The Labute approximate surface area is 121 Å². The van der Waals surface area contributed by atoms with Crippen LogP contribution in [0.15, 0.2) is 12.2 Å². The molecule has 2 bridgehead atoms. The Bertz CT molecular complexity index is 597. The number of ether oxygens (including phenoxy) is 3. The zero-order valence-electron chi connectivity index (χ0n) is 11.9. The molecule has 1 spiro atoms. The molecule has 9 atom stereocenters. The molecule has 0 aromatic rings. The smallest absolute Gasteiger partial charge is 0.313 e. The van der Waals surface area contributed by atoms with Crippen LogP contribution in [0.5, 0.6) is 0 Å². The van der Waals surface area contributed by atoms with Crippen LogP contribution < -0.4 is 0 Å². The first-order valence-corrected chi connectivity index (χ1v) is 7.36. The molecule has 6 nitrogen and oxygen atoms in total. The predicted octanol–water partition coefficient (Wildman–Crippen LogP) is -0.618. The molecule has 0 unspecified atom stereocenters. The summed E-state index contributed by atoms with van der Waals surface area (Å²) in [4.78, 5) is 12.4. The van der Waals surface area contributed by atoms with Crippen LogP contribution in [0.25, 0.3) is 0 Å². The van der Waals surface area contributed by atoms with Gasteiger partial charge in [-0.25, -0.2) is 0 Å². The standard InChI is InChI=1S/C15H18O6/c1-5(2)6-7-12(17)20-8(6)9(16)13(3)14(4-19-14)10-11(21-10)15(7,13)18/h6-11,16,18H,1,4H2,2-3H3/t6-,7+,8+,9+,10+,11-,13-,14+,15-/m0/s1. The average Bonchev–Trinajstić information content (AvgIpc) is 3.27. The van der Waals surface area contributed by atoms with Crippen molar-refractivity contribution in [1.29, 1.82) is 0 Å². The molecular weight excluding hydrogens is 276 g/mol. The molecule has 0 aromatic carbocycles. The van der Waals surface area contributed by atoms with Gasteiger partial charge >= 0.3 is 5.97 Å². The van der Waals surface area contributed by atoms with Crippen molar-refractivity contribution in [2.75, 3.05) is 6.61 Å². The maximum atomic E-state index is 12.4. The van der Waals surface area contributed by atoms with Crippen LogP contribution in [-0.2, 0) is 19.0 Å². The average molecular weight is 294 g/mol. The molecule has 3 heterocycles. The molecule has 2 aliphatic carbocycles. The summed E-state index contributed by atoms with van der Waals surface area (Å²) in [7, 11) is 0. The molecule has 0 aromatic heterocycles. The lowest BCUT2D eigenvalue weighted by atomic mass is 9.52. The molecule has 3 aliphatic heterocycles. The minimum atomic E-state index is -1.47. The largest absolute Gasteiger partial charge is 0.459 e. The van der Waals surface area contributed by atoms with Crippen LogP contribution in [0, 0.1) is 17.3 Å². The summed E-state index contributed by atoms with van der Waals surface area (Å²) >= 11 is 0. The van der Waals surface area contributed by atoms with Gasteiger partial charge in [0.05, 0.1) is 17.9 Å². The van der Waals surface area contributed by atoms with Crippen molar-refractivity contribution in [3.63, 3.8) is 0 Å². The first-order valence-electron chi connectivity index (χ1n) is 7.36. The second kappa shape index (κ2) is 3.06. The minimum absolute atomic E-state index is 0.236. The molecule has 6 heteroatoms. The van der Waals surface area contributed by atoms with E-state index in [1.165, 1.54) is 0 Å². The number of hydrogen-bond donors (Lipinski definition) is 2. The van der Waals surface area contributed by atoms with Crippen LogP contribution in [-0.4, -0.2) is 58.4 Å². The topological polar surface area (TPSA) is 91.8 Å². The second-order valence-corrected chi connectivity index (χ2v) is 7.38. The number of aliphatic hydroxyl groups excluding tert-OH is 1. The highest BCUT2D eigenvalue weighted by molar-refractivity contribution is 5.80. The highest BCUT2D eigenvalue weighted by Gasteiger charge is 2.94. The predicted molar refractivity (Wildman–Crippen MR) is 68.1 cm³/mol. The van der Waals surface area contributed by atoms with E-state index in [1.54, 1.807) is 13.8 Å². The van der Waals surface area contributed by atoms with Crippen molar-refractivity contribution >= 4 is 5.97 Å². The van der Waals surface area contributed by atoms with E-state index in [1.807, 2.05) is 0 Å². The van der Waals surface area contributed by atoms with Crippen molar-refractivity contribution in [1.82, 2.24) is 0 Å². The van der Waals surface area contributed by atoms with Gasteiger partial charge in [-0.15, -0.1) is 0 Å². The Morgan fingerprint density at radius 1 is 1.43 bits per heavy atom. The third-order valence-corrected chi connectivity index (χ3v) is 6.72. The normalized spacial score (nSPS) is 65.8. The van der Waals surface area contributed by atoms with Crippen LogP contribution in [0.4, 0.5) is 0 Å². The SMILES string of the molecule is C=C(C)[C@@H]1[C@H]2OC(=O)[C@@H]1[C@]1(O)[C@H]3O[C@H]3[C@]3(CO3)[C@]1(C)[C@@H]2O. The molecule has 0 amide bonds. The molecule has 5 aliphatic rings. The lowest BCUT2D eigenvalue weighted by Crippen LogP contribution is -2.70. The molecular formula is C15H18O6. The number of carbonyl (C=O) groups is 1. The summed E-state index contributed by atoms with van der Waals surface area (Å²) in [6, 6.07) is 0. The fourth-order valence-electron chi connectivity index (χ4n) is 5.49. The monoisotopic (exact) mass is 294 g/mol. The summed E-state index contributed by atoms with van der Waals surface area (Å²) < 4.78 is 16.7. The third kappa shape index (κ3) is 0.958. The summed E-state index contributed by atoms with van der Waals surface area (Å²) in [5.74, 6) is -1.60. The fraction of sp³-hybridized carbons (Fsp3) is 0.800. The molecule has 2 N–H and O–H groups in total. The summed E-state index contributed by atoms with van der Waals surface area (Å²) in [5.41, 5.74) is -2.38. The van der Waals surface area contributed by atoms with E-state index in [0.29, 0.717) is 6.61 Å². The van der Waals surface area contributed by atoms with E-state index >= 15 is 0 Å². The fourth-order valence-corrected chi connectivity index (χ4v) is 5.49. The summed E-state index contributed by atoms with van der Waals surface area (Å²) in [6.07, 6.45) is -2.37. The van der Waals surface area contributed by atoms with E-state index < -0.39 is 46.8 Å².